The van der Waals surface area contributed by atoms with Crippen LogP contribution in [0.2, 0.25) is 0 Å². The zero-order valence-electron chi connectivity index (χ0n) is 15.9. The second-order valence-electron chi connectivity index (χ2n) is 8.82. The lowest BCUT2D eigenvalue weighted by molar-refractivity contribution is 0.253. The van der Waals surface area contributed by atoms with Crippen molar-refractivity contribution < 1.29 is 4.43 Å². The fourth-order valence-electron chi connectivity index (χ4n) is 5.29. The fourth-order valence-corrected chi connectivity index (χ4v) is 6.92. The molecule has 0 aromatic heterocycles. The maximum Gasteiger partial charge on any atom is 0.188 e. The van der Waals surface area contributed by atoms with Crippen LogP contribution in [0, 0.1) is 17.8 Å². The Morgan fingerprint density at radius 2 is 1.33 bits per heavy atom. The van der Waals surface area contributed by atoms with E-state index >= 15 is 0 Å². The highest BCUT2D eigenvalue weighted by Gasteiger charge is 2.21. The summed E-state index contributed by atoms with van der Waals surface area (Å²) in [5, 5.41) is 1.82. The molecule has 0 saturated heterocycles. The summed E-state index contributed by atoms with van der Waals surface area (Å²) in [6, 6.07) is 0. The molecule has 0 amide bonds. The number of allylic oxidation sites excluding steroid dienone is 2. The first-order chi connectivity index (χ1) is 11.9. The van der Waals surface area contributed by atoms with Crippen molar-refractivity contribution in [2.45, 2.75) is 103 Å². The van der Waals surface area contributed by atoms with Crippen LogP contribution in [0.1, 0.15) is 103 Å². The highest BCUT2D eigenvalue weighted by molar-refractivity contribution is 6.38. The van der Waals surface area contributed by atoms with Gasteiger partial charge in [-0.25, -0.2) is 0 Å². The van der Waals surface area contributed by atoms with E-state index in [-0.39, 0.29) is 0 Å². The van der Waals surface area contributed by atoms with Gasteiger partial charge in [-0.05, 0) is 49.9 Å². The predicted molar refractivity (Wildman–Crippen MR) is 107 cm³/mol. The summed E-state index contributed by atoms with van der Waals surface area (Å²) in [5.74, 6) is 2.78. The van der Waals surface area contributed by atoms with Crippen LogP contribution in [-0.4, -0.2) is 16.4 Å². The van der Waals surface area contributed by atoms with Crippen molar-refractivity contribution >= 4 is 9.76 Å². The predicted octanol–water partition coefficient (Wildman–Crippen LogP) is 6.10. The average Bonchev–Trinajstić information content (AvgIpc) is 2.66. The Morgan fingerprint density at radius 1 is 0.750 bits per heavy atom. The van der Waals surface area contributed by atoms with Crippen molar-refractivity contribution in [3.63, 3.8) is 0 Å². The van der Waals surface area contributed by atoms with Crippen LogP contribution in [-0.2, 0) is 4.43 Å². The van der Waals surface area contributed by atoms with Crippen LogP contribution in [0.4, 0.5) is 0 Å². The Balaban J connectivity index is 1.46. The van der Waals surface area contributed by atoms with Crippen molar-refractivity contribution in [1.82, 2.24) is 0 Å². The minimum Gasteiger partial charge on any atom is -0.419 e. The SMILES string of the molecule is C(=C([SiH2]OCCC1CCCCC1)C1CCCCC1)C1CCCCC1. The Hall–Kier alpha value is -0.0831. The van der Waals surface area contributed by atoms with Crippen molar-refractivity contribution in [1.29, 1.82) is 0 Å². The number of rotatable bonds is 7. The van der Waals surface area contributed by atoms with Crippen LogP contribution in [0.15, 0.2) is 11.3 Å². The second-order valence-corrected chi connectivity index (χ2v) is 10.3. The minimum absolute atomic E-state index is 0.450. The maximum atomic E-state index is 6.36. The van der Waals surface area contributed by atoms with Crippen molar-refractivity contribution in [3.8, 4) is 0 Å². The lowest BCUT2D eigenvalue weighted by Gasteiger charge is -2.27. The molecule has 2 heteroatoms. The summed E-state index contributed by atoms with van der Waals surface area (Å²) in [7, 11) is -0.450. The van der Waals surface area contributed by atoms with Crippen molar-refractivity contribution in [2.24, 2.45) is 17.8 Å². The largest absolute Gasteiger partial charge is 0.419 e. The smallest absolute Gasteiger partial charge is 0.188 e. The van der Waals surface area contributed by atoms with E-state index in [1.165, 1.54) is 103 Å². The van der Waals surface area contributed by atoms with Gasteiger partial charge in [0.25, 0.3) is 0 Å². The lowest BCUT2D eigenvalue weighted by Crippen LogP contribution is -2.19. The number of hydrogen-bond acceptors (Lipinski definition) is 1. The Bertz CT molecular complexity index is 360. The standard InChI is InChI=1S/C22H40OSi/c1-4-10-19(11-5-1)16-17-23-24-22(21-14-8-3-9-15-21)18-20-12-6-2-7-13-20/h18-21H,1-17,24H2. The third-order valence-electron chi connectivity index (χ3n) is 6.89. The summed E-state index contributed by atoms with van der Waals surface area (Å²) in [6.07, 6.45) is 26.0. The van der Waals surface area contributed by atoms with E-state index in [1.54, 1.807) is 0 Å². The van der Waals surface area contributed by atoms with Gasteiger partial charge in [0.2, 0.25) is 0 Å². The first kappa shape index (κ1) is 18.7. The van der Waals surface area contributed by atoms with Crippen LogP contribution < -0.4 is 0 Å². The molecule has 0 unspecified atom stereocenters. The van der Waals surface area contributed by atoms with E-state index in [1.807, 2.05) is 5.20 Å². The van der Waals surface area contributed by atoms with Gasteiger partial charge in [-0.15, -0.1) is 0 Å². The summed E-state index contributed by atoms with van der Waals surface area (Å²) < 4.78 is 6.36. The molecule has 3 rings (SSSR count). The topological polar surface area (TPSA) is 9.23 Å². The molecule has 3 aliphatic rings. The molecule has 24 heavy (non-hydrogen) atoms. The fraction of sp³-hybridized carbons (Fsp3) is 0.909. The minimum atomic E-state index is -0.450. The number of hydrogen-bond donors (Lipinski definition) is 0. The summed E-state index contributed by atoms with van der Waals surface area (Å²) >= 11 is 0. The van der Waals surface area contributed by atoms with Crippen LogP contribution in [0.5, 0.6) is 0 Å². The molecular weight excluding hydrogens is 308 g/mol. The Kier molecular flexibility index (Phi) is 8.42. The summed E-state index contributed by atoms with van der Waals surface area (Å²) in [5.41, 5.74) is 0. The zero-order valence-corrected chi connectivity index (χ0v) is 17.4. The summed E-state index contributed by atoms with van der Waals surface area (Å²) in [4.78, 5) is 0. The van der Waals surface area contributed by atoms with Gasteiger partial charge in [0, 0.05) is 6.61 Å². The van der Waals surface area contributed by atoms with Gasteiger partial charge in [-0.3, -0.25) is 0 Å². The van der Waals surface area contributed by atoms with Gasteiger partial charge in [0.05, 0.1) is 0 Å². The molecule has 0 aliphatic heterocycles. The van der Waals surface area contributed by atoms with Crippen LogP contribution in [0.3, 0.4) is 0 Å². The monoisotopic (exact) mass is 348 g/mol. The first-order valence-corrected chi connectivity index (χ1v) is 12.5. The highest BCUT2D eigenvalue weighted by Crippen LogP contribution is 2.33. The van der Waals surface area contributed by atoms with Gasteiger partial charge in [0.1, 0.15) is 0 Å². The Labute approximate surface area is 153 Å². The zero-order chi connectivity index (χ0) is 16.5. The highest BCUT2D eigenvalue weighted by atomic mass is 28.2. The molecule has 0 heterocycles. The molecule has 138 valence electrons. The molecule has 3 fully saturated rings. The quantitative estimate of drug-likeness (QED) is 0.399. The normalized spacial score (nSPS) is 26.4. The first-order valence-electron chi connectivity index (χ1n) is 11.2. The second kappa shape index (κ2) is 10.8. The van der Waals surface area contributed by atoms with Crippen molar-refractivity contribution in [2.75, 3.05) is 6.61 Å². The molecule has 1 nitrogen and oxygen atoms in total. The van der Waals surface area contributed by atoms with Gasteiger partial charge >= 0.3 is 0 Å². The van der Waals surface area contributed by atoms with Gasteiger partial charge in [0.15, 0.2) is 9.76 Å². The third kappa shape index (κ3) is 6.33. The van der Waals surface area contributed by atoms with E-state index in [0.29, 0.717) is 0 Å². The Morgan fingerprint density at radius 3 is 2.00 bits per heavy atom. The molecule has 0 aromatic carbocycles. The molecular formula is C22H40OSi. The van der Waals surface area contributed by atoms with E-state index < -0.39 is 9.76 Å². The lowest BCUT2D eigenvalue weighted by atomic mass is 9.85. The molecule has 0 atom stereocenters. The molecule has 0 radical (unpaired) electrons. The van der Waals surface area contributed by atoms with Gasteiger partial charge in [-0.1, -0.05) is 81.9 Å². The van der Waals surface area contributed by atoms with E-state index in [4.69, 9.17) is 4.43 Å². The molecule has 3 saturated carbocycles. The van der Waals surface area contributed by atoms with Crippen LogP contribution in [0.25, 0.3) is 0 Å². The van der Waals surface area contributed by atoms with Gasteiger partial charge in [-0.2, -0.15) is 0 Å². The third-order valence-corrected chi connectivity index (χ3v) is 8.53. The van der Waals surface area contributed by atoms with Gasteiger partial charge < -0.3 is 4.43 Å². The molecule has 0 aromatic rings. The van der Waals surface area contributed by atoms with E-state index in [9.17, 15) is 0 Å². The molecule has 0 spiro atoms. The van der Waals surface area contributed by atoms with E-state index in [0.717, 1.165) is 24.4 Å². The summed E-state index contributed by atoms with van der Waals surface area (Å²) in [6.45, 7) is 1.06. The van der Waals surface area contributed by atoms with Crippen molar-refractivity contribution in [3.05, 3.63) is 11.3 Å². The molecule has 3 aliphatic carbocycles. The molecule has 0 N–H and O–H groups in total. The molecule has 0 bridgehead atoms. The maximum absolute atomic E-state index is 6.36. The van der Waals surface area contributed by atoms with E-state index in [2.05, 4.69) is 6.08 Å². The van der Waals surface area contributed by atoms with Crippen LogP contribution >= 0.6 is 0 Å². The average molecular weight is 349 g/mol.